The monoisotopic (exact) mass is 471 g/mol. The Labute approximate surface area is 203 Å². The summed E-state index contributed by atoms with van der Waals surface area (Å²) in [6.07, 6.45) is 3.89. The molecule has 1 N–H and O–H groups in total. The molecule has 1 aliphatic heterocycles. The first-order chi connectivity index (χ1) is 16.5. The molecule has 0 saturated carbocycles. The van der Waals surface area contributed by atoms with Crippen LogP contribution in [0.2, 0.25) is 0 Å². The number of allylic oxidation sites excluding steroid dienone is 3. The number of aromatic hydroxyl groups is 1. The second-order valence-electron chi connectivity index (χ2n) is 7.88. The van der Waals surface area contributed by atoms with Crippen molar-refractivity contribution in [3.63, 3.8) is 0 Å². The van der Waals surface area contributed by atoms with E-state index < -0.39 is 0 Å². The Morgan fingerprint density at radius 2 is 1.85 bits per heavy atom. The van der Waals surface area contributed by atoms with E-state index in [9.17, 15) is 14.7 Å². The van der Waals surface area contributed by atoms with E-state index in [1.54, 1.807) is 32.2 Å². The summed E-state index contributed by atoms with van der Waals surface area (Å²) in [5.41, 5.74) is 3.72. The van der Waals surface area contributed by atoms with Crippen LogP contribution in [0.25, 0.3) is 15.7 Å². The smallest absolute Gasteiger partial charge is 0.219 e. The van der Waals surface area contributed by atoms with Crippen molar-refractivity contribution >= 4 is 40.1 Å². The van der Waals surface area contributed by atoms with E-state index >= 15 is 0 Å². The average molecular weight is 472 g/mol. The molecular weight excluding hydrogens is 446 g/mol. The highest BCUT2D eigenvalue weighted by Gasteiger charge is 2.33. The van der Waals surface area contributed by atoms with Gasteiger partial charge in [0.15, 0.2) is 12.0 Å². The number of phenols is 1. The highest BCUT2D eigenvalue weighted by atomic mass is 32.2. The molecule has 3 aromatic carbocycles. The van der Waals surface area contributed by atoms with Gasteiger partial charge in [0, 0.05) is 11.3 Å². The predicted octanol–water partition coefficient (Wildman–Crippen LogP) is 5.93. The molecule has 0 aromatic heterocycles. The number of nitrogens with zero attached hydrogens (tertiary/aromatic N) is 1. The summed E-state index contributed by atoms with van der Waals surface area (Å²) in [4.78, 5) is 26.1. The van der Waals surface area contributed by atoms with Crippen molar-refractivity contribution in [2.45, 2.75) is 20.3 Å². The van der Waals surface area contributed by atoms with Crippen LogP contribution < -0.4 is 0 Å². The highest BCUT2D eigenvalue weighted by molar-refractivity contribution is 8.12. The maximum atomic E-state index is 12.1. The molecule has 1 aliphatic rings. The summed E-state index contributed by atoms with van der Waals surface area (Å²) < 4.78 is 5.83. The minimum absolute atomic E-state index is 0.173. The number of carbonyl (C=O) groups excluding carboxylic acids is 2. The molecule has 0 atom stereocenters. The van der Waals surface area contributed by atoms with Crippen molar-refractivity contribution in [3.8, 4) is 5.75 Å². The van der Waals surface area contributed by atoms with E-state index in [0.717, 1.165) is 27.5 Å². The Balaban J connectivity index is 1.78. The van der Waals surface area contributed by atoms with Gasteiger partial charge in [-0.1, -0.05) is 66.4 Å². The number of phenolic OH excluding ortho intramolecular Hbond substituents is 1. The normalized spacial score (nSPS) is 15.6. The Bertz CT molecular complexity index is 1360. The second-order valence-corrected chi connectivity index (χ2v) is 8.88. The van der Waals surface area contributed by atoms with Crippen molar-refractivity contribution < 1.29 is 19.4 Å². The van der Waals surface area contributed by atoms with Gasteiger partial charge in [-0.15, -0.1) is 0 Å². The van der Waals surface area contributed by atoms with E-state index in [4.69, 9.17) is 4.74 Å². The largest absolute Gasteiger partial charge is 0.508 e. The zero-order valence-electron chi connectivity index (χ0n) is 19.2. The lowest BCUT2D eigenvalue weighted by atomic mass is 9.97. The molecule has 4 rings (SSSR count). The number of hydrogen-bond acceptors (Lipinski definition) is 5. The first kappa shape index (κ1) is 23.4. The Kier molecular flexibility index (Phi) is 6.89. The summed E-state index contributed by atoms with van der Waals surface area (Å²) in [5.74, 6) is 0.712. The van der Waals surface area contributed by atoms with Gasteiger partial charge in [0.25, 0.3) is 0 Å². The fraction of sp³-hybridized carbons (Fsp3) is 0.143. The van der Waals surface area contributed by atoms with E-state index in [0.29, 0.717) is 40.4 Å². The number of aryl methyl sites for hydroxylation is 1. The van der Waals surface area contributed by atoms with Crippen LogP contribution in [-0.2, 0) is 20.7 Å². The molecule has 172 valence electrons. The maximum Gasteiger partial charge on any atom is 0.219 e. The quantitative estimate of drug-likeness (QED) is 0.342. The Morgan fingerprint density at radius 3 is 2.53 bits per heavy atom. The third-order valence-corrected chi connectivity index (χ3v) is 7.11. The van der Waals surface area contributed by atoms with Gasteiger partial charge >= 0.3 is 0 Å². The summed E-state index contributed by atoms with van der Waals surface area (Å²) in [7, 11) is 1.57. The van der Waals surface area contributed by atoms with Gasteiger partial charge < -0.3 is 9.84 Å². The van der Waals surface area contributed by atoms with Crippen LogP contribution in [0.5, 0.6) is 5.75 Å². The highest BCUT2D eigenvalue weighted by Crippen LogP contribution is 2.48. The zero-order valence-corrected chi connectivity index (χ0v) is 20.1. The van der Waals surface area contributed by atoms with E-state index in [2.05, 4.69) is 24.3 Å². The molecule has 0 spiro atoms. The number of thioether (sulfide) groups is 1. The number of ether oxygens (including phenoxy) is 1. The number of fused-ring (bicyclic) bond motifs is 1. The molecule has 0 saturated heterocycles. The number of carbonyl (C=O) groups is 2. The van der Waals surface area contributed by atoms with Gasteiger partial charge in [-0.3, -0.25) is 14.5 Å². The van der Waals surface area contributed by atoms with Gasteiger partial charge in [-0.25, -0.2) is 0 Å². The van der Waals surface area contributed by atoms with Crippen LogP contribution in [0, 0.1) is 6.92 Å². The molecular formula is C28H25NO4S. The zero-order chi connectivity index (χ0) is 24.2. The van der Waals surface area contributed by atoms with Gasteiger partial charge in [0.05, 0.1) is 7.11 Å². The molecule has 34 heavy (non-hydrogen) atoms. The molecule has 5 nitrogen and oxygen atoms in total. The molecule has 0 radical (unpaired) electrons. The van der Waals surface area contributed by atoms with Crippen LogP contribution >= 0.6 is 11.8 Å². The predicted molar refractivity (Wildman–Crippen MR) is 137 cm³/mol. The number of aldehydes is 1. The van der Waals surface area contributed by atoms with Crippen LogP contribution in [0.3, 0.4) is 0 Å². The summed E-state index contributed by atoms with van der Waals surface area (Å²) in [6.45, 7) is 3.72. The maximum absolute atomic E-state index is 12.1. The minimum atomic E-state index is 0.173. The van der Waals surface area contributed by atoms with Crippen molar-refractivity contribution in [2.24, 2.45) is 0 Å². The second kappa shape index (κ2) is 10.0. The molecule has 0 bridgehead atoms. The fourth-order valence-electron chi connectivity index (χ4n) is 4.11. The first-order valence-corrected chi connectivity index (χ1v) is 11.7. The van der Waals surface area contributed by atoms with Crippen molar-refractivity contribution in [1.82, 2.24) is 4.90 Å². The van der Waals surface area contributed by atoms with Gasteiger partial charge in [0.1, 0.15) is 16.5 Å². The lowest BCUT2D eigenvalue weighted by Crippen LogP contribution is -2.19. The van der Waals surface area contributed by atoms with Crippen LogP contribution in [0.1, 0.15) is 23.6 Å². The number of methoxy groups -OCH3 is 1. The Hall–Kier alpha value is -3.77. The van der Waals surface area contributed by atoms with Crippen LogP contribution in [0.4, 0.5) is 0 Å². The first-order valence-electron chi connectivity index (χ1n) is 10.8. The van der Waals surface area contributed by atoms with E-state index in [-0.39, 0.29) is 11.4 Å². The van der Waals surface area contributed by atoms with Gasteiger partial charge in [-0.2, -0.15) is 0 Å². The molecule has 0 unspecified atom stereocenters. The lowest BCUT2D eigenvalue weighted by Gasteiger charge is -2.19. The Morgan fingerprint density at radius 1 is 1.09 bits per heavy atom. The number of benzene rings is 3. The van der Waals surface area contributed by atoms with E-state index in [1.165, 1.54) is 16.7 Å². The molecule has 3 aromatic rings. The molecule has 0 fully saturated rings. The molecule has 6 heteroatoms. The third-order valence-electron chi connectivity index (χ3n) is 5.89. The van der Waals surface area contributed by atoms with Crippen molar-refractivity contribution in [3.05, 3.63) is 105 Å². The number of rotatable bonds is 7. The van der Waals surface area contributed by atoms with Gasteiger partial charge in [-0.05, 0) is 59.0 Å². The lowest BCUT2D eigenvalue weighted by molar-refractivity contribution is -0.117. The summed E-state index contributed by atoms with van der Waals surface area (Å²) in [6, 6.07) is 19.5. The van der Waals surface area contributed by atoms with Crippen LogP contribution in [-0.4, -0.2) is 29.8 Å². The van der Waals surface area contributed by atoms with Crippen molar-refractivity contribution in [1.29, 1.82) is 0 Å². The van der Waals surface area contributed by atoms with Crippen LogP contribution in [0.15, 0.2) is 88.8 Å². The minimum Gasteiger partial charge on any atom is -0.508 e. The van der Waals surface area contributed by atoms with Crippen molar-refractivity contribution in [2.75, 3.05) is 7.11 Å². The van der Waals surface area contributed by atoms with Gasteiger partial charge in [0.2, 0.25) is 6.41 Å². The molecule has 0 aliphatic carbocycles. The number of hydrogen-bond donors (Lipinski definition) is 1. The summed E-state index contributed by atoms with van der Waals surface area (Å²) >= 11 is 1.31. The topological polar surface area (TPSA) is 66.8 Å². The summed E-state index contributed by atoms with van der Waals surface area (Å²) in [5, 5.41) is 12.8. The molecule has 1 heterocycles. The van der Waals surface area contributed by atoms with E-state index in [1.807, 2.05) is 31.2 Å². The third kappa shape index (κ3) is 4.24. The SMILES string of the molecule is CC=C(Cc1cccc2ccccc12)/C(OC)=C1/SC(c2ccc(O)c(C)c2)=C(C=O)N1C=O. The molecule has 1 amide bonds. The number of amides is 1. The average Bonchev–Trinajstić information content (AvgIpc) is 3.24. The fourth-order valence-corrected chi connectivity index (χ4v) is 5.35. The standard InChI is InChI=1S/C28H25NO4S/c1-4-19(15-21-10-7-9-20-8-5-6-11-23(20)21)26(33-3)28-29(17-31)24(16-30)27(34-28)22-12-13-25(32)18(2)14-22/h4-14,16-17,32H,15H2,1-3H3/b19-4?,28-26-.